The topological polar surface area (TPSA) is 72.4 Å². The maximum atomic E-state index is 13.2. The third kappa shape index (κ3) is 4.57. The Hall–Kier alpha value is -3.45. The summed E-state index contributed by atoms with van der Waals surface area (Å²) in [6.45, 7) is 4.98. The molecule has 0 fully saturated rings. The van der Waals surface area contributed by atoms with Gasteiger partial charge in [-0.05, 0) is 43.2 Å². The first kappa shape index (κ1) is 21.8. The van der Waals surface area contributed by atoms with Gasteiger partial charge in [-0.25, -0.2) is 4.39 Å². The lowest BCUT2D eigenvalue weighted by atomic mass is 10.1. The van der Waals surface area contributed by atoms with E-state index in [1.165, 1.54) is 12.1 Å². The van der Waals surface area contributed by atoms with E-state index in [0.717, 1.165) is 11.1 Å². The van der Waals surface area contributed by atoms with Crippen LogP contribution in [0.4, 0.5) is 4.39 Å². The second-order valence-electron chi connectivity index (χ2n) is 7.95. The van der Waals surface area contributed by atoms with Crippen LogP contribution in [0.25, 0.3) is 0 Å². The van der Waals surface area contributed by atoms with Gasteiger partial charge in [-0.15, -0.1) is 0 Å². The minimum Gasteiger partial charge on any atom is -0.373 e. The zero-order valence-corrected chi connectivity index (χ0v) is 18.1. The lowest BCUT2D eigenvalue weighted by molar-refractivity contribution is 0.0775. The maximum Gasteiger partial charge on any atom is 0.268 e. The van der Waals surface area contributed by atoms with Crippen LogP contribution >= 0.6 is 0 Å². The van der Waals surface area contributed by atoms with Gasteiger partial charge < -0.3 is 19.9 Å². The van der Waals surface area contributed by atoms with Crippen LogP contribution in [0.1, 0.15) is 63.6 Å². The van der Waals surface area contributed by atoms with Gasteiger partial charge in [-0.3, -0.25) is 9.59 Å². The second kappa shape index (κ2) is 9.36. The monoisotopic (exact) mass is 435 g/mol. The van der Waals surface area contributed by atoms with Crippen molar-refractivity contribution in [2.24, 2.45) is 0 Å². The smallest absolute Gasteiger partial charge is 0.268 e. The van der Waals surface area contributed by atoms with Gasteiger partial charge in [0.25, 0.3) is 11.8 Å². The van der Waals surface area contributed by atoms with Crippen LogP contribution in [0.3, 0.4) is 0 Å². The maximum absolute atomic E-state index is 13.2. The summed E-state index contributed by atoms with van der Waals surface area (Å²) >= 11 is 0. The van der Waals surface area contributed by atoms with Crippen molar-refractivity contribution in [2.75, 3.05) is 6.61 Å². The van der Waals surface area contributed by atoms with Crippen LogP contribution in [0.15, 0.2) is 60.7 Å². The summed E-state index contributed by atoms with van der Waals surface area (Å²) in [4.78, 5) is 26.1. The summed E-state index contributed by atoms with van der Waals surface area (Å²) in [5.74, 6) is -0.866. The molecule has 2 unspecified atom stereocenters. The Kier molecular flexibility index (Phi) is 6.37. The minimum absolute atomic E-state index is 0.181. The highest BCUT2D eigenvalue weighted by Gasteiger charge is 2.27. The molecule has 3 aromatic rings. The molecule has 1 aliphatic rings. The summed E-state index contributed by atoms with van der Waals surface area (Å²) in [6, 6.07) is 16.9. The highest BCUT2D eigenvalue weighted by atomic mass is 19.1. The number of hydrogen-bond donors (Lipinski definition) is 2. The summed E-state index contributed by atoms with van der Waals surface area (Å²) in [7, 11) is 0. The Bertz CT molecular complexity index is 1110. The van der Waals surface area contributed by atoms with Gasteiger partial charge in [-0.1, -0.05) is 42.5 Å². The molecule has 2 amide bonds. The van der Waals surface area contributed by atoms with Crippen molar-refractivity contribution in [3.63, 3.8) is 0 Å². The van der Waals surface area contributed by atoms with Crippen LogP contribution in [0.5, 0.6) is 0 Å². The molecule has 0 spiro atoms. The lowest BCUT2D eigenvalue weighted by Gasteiger charge is -2.21. The highest BCUT2D eigenvalue weighted by Crippen LogP contribution is 2.23. The number of nitrogens with one attached hydrogen (secondary N) is 2. The van der Waals surface area contributed by atoms with Crippen LogP contribution in [0.2, 0.25) is 0 Å². The predicted octanol–water partition coefficient (Wildman–Crippen LogP) is 4.14. The van der Waals surface area contributed by atoms with Crippen LogP contribution in [-0.2, 0) is 17.9 Å². The zero-order chi connectivity index (χ0) is 22.7. The average molecular weight is 435 g/mol. The van der Waals surface area contributed by atoms with Crippen LogP contribution < -0.4 is 10.6 Å². The quantitative estimate of drug-likeness (QED) is 0.611. The zero-order valence-electron chi connectivity index (χ0n) is 18.1. The number of halogens is 1. The molecule has 0 aliphatic carbocycles. The van der Waals surface area contributed by atoms with E-state index in [2.05, 4.69) is 10.6 Å². The van der Waals surface area contributed by atoms with E-state index in [1.54, 1.807) is 18.2 Å². The molecule has 4 rings (SSSR count). The van der Waals surface area contributed by atoms with Crippen molar-refractivity contribution in [1.29, 1.82) is 0 Å². The van der Waals surface area contributed by atoms with Crippen molar-refractivity contribution in [1.82, 2.24) is 15.2 Å². The molecule has 7 heteroatoms. The molecule has 2 atom stereocenters. The standard InChI is InChI=1S/C25H26FN3O3/c1-16(18-6-4-3-5-7-18)27-24(30)21-14-22(29-12-13-32-15-23(21)29)25(31)28-17(2)19-8-10-20(26)11-9-19/h3-11,14,16-17H,12-13,15H2,1-2H3,(H,27,30)(H,28,31). The lowest BCUT2D eigenvalue weighted by Crippen LogP contribution is -2.30. The molecule has 6 nitrogen and oxygen atoms in total. The van der Waals surface area contributed by atoms with Gasteiger partial charge in [0.1, 0.15) is 11.5 Å². The summed E-state index contributed by atoms with van der Waals surface area (Å²) < 4.78 is 20.6. The van der Waals surface area contributed by atoms with Crippen molar-refractivity contribution < 1.29 is 18.7 Å². The molecular weight excluding hydrogens is 409 g/mol. The van der Waals surface area contributed by atoms with Crippen LogP contribution in [-0.4, -0.2) is 23.0 Å². The number of carbonyl (C=O) groups excluding carboxylic acids is 2. The molecule has 1 aromatic heterocycles. The molecule has 2 heterocycles. The number of nitrogens with zero attached hydrogens (tertiary/aromatic N) is 1. The Morgan fingerprint density at radius 3 is 2.25 bits per heavy atom. The third-order valence-corrected chi connectivity index (χ3v) is 5.75. The van der Waals surface area contributed by atoms with Crippen molar-refractivity contribution >= 4 is 11.8 Å². The molecule has 0 saturated carbocycles. The number of ether oxygens (including phenoxy) is 1. The molecule has 166 valence electrons. The Balaban J connectivity index is 1.55. The van der Waals surface area contributed by atoms with E-state index >= 15 is 0 Å². The van der Waals surface area contributed by atoms with E-state index in [9.17, 15) is 14.0 Å². The SMILES string of the molecule is CC(NC(=O)c1cc(C(=O)NC(C)c2ccc(F)cc2)n2c1COCC2)c1ccccc1. The van der Waals surface area contributed by atoms with Crippen molar-refractivity contribution in [2.45, 2.75) is 39.1 Å². The largest absolute Gasteiger partial charge is 0.373 e. The van der Waals surface area contributed by atoms with Gasteiger partial charge in [0.15, 0.2) is 0 Å². The third-order valence-electron chi connectivity index (χ3n) is 5.75. The number of benzene rings is 2. The second-order valence-corrected chi connectivity index (χ2v) is 7.95. The molecule has 32 heavy (non-hydrogen) atoms. The number of hydrogen-bond acceptors (Lipinski definition) is 3. The minimum atomic E-state index is -0.326. The molecule has 0 radical (unpaired) electrons. The number of fused-ring (bicyclic) bond motifs is 1. The van der Waals surface area contributed by atoms with Crippen molar-refractivity contribution in [3.8, 4) is 0 Å². The highest BCUT2D eigenvalue weighted by molar-refractivity contribution is 6.01. The fourth-order valence-corrected chi connectivity index (χ4v) is 3.91. The van der Waals surface area contributed by atoms with E-state index in [4.69, 9.17) is 4.74 Å². The average Bonchev–Trinajstić information content (AvgIpc) is 3.20. The summed E-state index contributed by atoms with van der Waals surface area (Å²) in [5.41, 5.74) is 3.33. The normalized spacial score (nSPS) is 14.8. The Labute approximate surface area is 186 Å². The molecule has 0 bridgehead atoms. The fraction of sp³-hybridized carbons (Fsp3) is 0.280. The molecule has 2 N–H and O–H groups in total. The van der Waals surface area contributed by atoms with Gasteiger partial charge in [0.05, 0.1) is 36.6 Å². The fourth-order valence-electron chi connectivity index (χ4n) is 3.91. The van der Waals surface area contributed by atoms with E-state index < -0.39 is 0 Å². The van der Waals surface area contributed by atoms with Gasteiger partial charge in [0, 0.05) is 6.54 Å². The van der Waals surface area contributed by atoms with E-state index in [0.29, 0.717) is 30.1 Å². The van der Waals surface area contributed by atoms with Gasteiger partial charge in [0.2, 0.25) is 0 Å². The Morgan fingerprint density at radius 2 is 1.56 bits per heavy atom. The molecular formula is C25H26FN3O3. The summed E-state index contributed by atoms with van der Waals surface area (Å²) in [6.07, 6.45) is 0. The first-order valence-electron chi connectivity index (χ1n) is 10.7. The molecule has 2 aromatic carbocycles. The number of amides is 2. The first-order chi connectivity index (χ1) is 15.4. The van der Waals surface area contributed by atoms with Crippen molar-refractivity contribution in [3.05, 3.63) is 94.6 Å². The van der Waals surface area contributed by atoms with Crippen LogP contribution in [0, 0.1) is 5.82 Å². The van der Waals surface area contributed by atoms with Gasteiger partial charge in [-0.2, -0.15) is 0 Å². The Morgan fingerprint density at radius 1 is 0.938 bits per heavy atom. The van der Waals surface area contributed by atoms with E-state index in [-0.39, 0.29) is 36.3 Å². The molecule has 1 aliphatic heterocycles. The predicted molar refractivity (Wildman–Crippen MR) is 119 cm³/mol. The summed E-state index contributed by atoms with van der Waals surface area (Å²) in [5, 5.41) is 5.96. The van der Waals surface area contributed by atoms with Gasteiger partial charge >= 0.3 is 0 Å². The molecule has 0 saturated heterocycles. The number of rotatable bonds is 6. The van der Waals surface area contributed by atoms with E-state index in [1.807, 2.05) is 48.7 Å². The number of carbonyl (C=O) groups is 2. The first-order valence-corrected chi connectivity index (χ1v) is 10.7. The number of aromatic nitrogens is 1.